The van der Waals surface area contributed by atoms with Crippen LogP contribution in [-0.4, -0.2) is 30.4 Å². The van der Waals surface area contributed by atoms with Gasteiger partial charge in [-0.05, 0) is 27.7 Å². The molecule has 15 heavy (non-hydrogen) atoms. The van der Waals surface area contributed by atoms with Gasteiger partial charge in [0.25, 0.3) is 0 Å². The SMILES string of the molecule is COC(=O)C(C)(N)NC(=O)OC(C)(C)C. The van der Waals surface area contributed by atoms with Crippen LogP contribution in [-0.2, 0) is 14.3 Å². The zero-order valence-corrected chi connectivity index (χ0v) is 9.71. The summed E-state index contributed by atoms with van der Waals surface area (Å²) < 4.78 is 9.34. The van der Waals surface area contributed by atoms with Gasteiger partial charge >= 0.3 is 12.1 Å². The van der Waals surface area contributed by atoms with Gasteiger partial charge < -0.3 is 9.47 Å². The van der Waals surface area contributed by atoms with Crippen molar-refractivity contribution in [1.29, 1.82) is 0 Å². The van der Waals surface area contributed by atoms with Crippen LogP contribution in [0.5, 0.6) is 0 Å². The van der Waals surface area contributed by atoms with E-state index in [9.17, 15) is 9.59 Å². The van der Waals surface area contributed by atoms with E-state index in [4.69, 9.17) is 10.5 Å². The third-order valence-electron chi connectivity index (χ3n) is 1.37. The van der Waals surface area contributed by atoms with Crippen molar-refractivity contribution in [3.05, 3.63) is 0 Å². The molecule has 0 saturated heterocycles. The van der Waals surface area contributed by atoms with E-state index in [1.54, 1.807) is 20.8 Å². The molecule has 0 aromatic heterocycles. The number of methoxy groups -OCH3 is 1. The van der Waals surface area contributed by atoms with E-state index in [0.717, 1.165) is 0 Å². The molecule has 1 unspecified atom stereocenters. The summed E-state index contributed by atoms with van der Waals surface area (Å²) in [6.45, 7) is 6.44. The molecule has 0 aliphatic carbocycles. The number of ether oxygens (including phenoxy) is 2. The topological polar surface area (TPSA) is 90.6 Å². The molecule has 0 bridgehead atoms. The lowest BCUT2D eigenvalue weighted by atomic mass is 10.2. The Morgan fingerprint density at radius 3 is 2.00 bits per heavy atom. The van der Waals surface area contributed by atoms with Crippen molar-refractivity contribution in [2.45, 2.75) is 39.0 Å². The number of carbonyl (C=O) groups is 2. The molecule has 0 heterocycles. The molecule has 1 amide bonds. The van der Waals surface area contributed by atoms with Crippen molar-refractivity contribution in [1.82, 2.24) is 5.32 Å². The van der Waals surface area contributed by atoms with Gasteiger partial charge in [0.05, 0.1) is 7.11 Å². The minimum atomic E-state index is -1.59. The van der Waals surface area contributed by atoms with Crippen molar-refractivity contribution < 1.29 is 19.1 Å². The van der Waals surface area contributed by atoms with E-state index in [1.165, 1.54) is 14.0 Å². The maximum Gasteiger partial charge on any atom is 0.409 e. The maximum absolute atomic E-state index is 11.3. The number of carbonyl (C=O) groups excluding carboxylic acids is 2. The molecule has 6 heteroatoms. The van der Waals surface area contributed by atoms with Crippen molar-refractivity contribution >= 4 is 12.1 Å². The summed E-state index contributed by atoms with van der Waals surface area (Å²) in [4.78, 5) is 22.4. The smallest absolute Gasteiger partial charge is 0.409 e. The van der Waals surface area contributed by atoms with E-state index in [2.05, 4.69) is 10.1 Å². The zero-order chi connectivity index (χ0) is 12.3. The fourth-order valence-corrected chi connectivity index (χ4v) is 0.779. The fraction of sp³-hybridized carbons (Fsp3) is 0.778. The molecule has 0 aliphatic heterocycles. The first-order valence-corrected chi connectivity index (χ1v) is 4.47. The van der Waals surface area contributed by atoms with Crippen LogP contribution in [0.3, 0.4) is 0 Å². The van der Waals surface area contributed by atoms with E-state index < -0.39 is 23.3 Å². The molecule has 0 spiro atoms. The normalized spacial score (nSPS) is 15.1. The minimum absolute atomic E-state index is 0.643. The average Bonchev–Trinajstić information content (AvgIpc) is 1.97. The number of rotatable bonds is 2. The van der Waals surface area contributed by atoms with Crippen LogP contribution in [0.2, 0.25) is 0 Å². The monoisotopic (exact) mass is 218 g/mol. The standard InChI is InChI=1S/C9H18N2O4/c1-8(2,3)15-7(13)11-9(4,10)6(12)14-5/h10H2,1-5H3,(H,11,13). The molecule has 6 nitrogen and oxygen atoms in total. The predicted octanol–water partition coefficient (Wildman–Crippen LogP) is 0.359. The van der Waals surface area contributed by atoms with Crippen molar-refractivity contribution in [3.63, 3.8) is 0 Å². The van der Waals surface area contributed by atoms with E-state index in [1.807, 2.05) is 0 Å². The Kier molecular flexibility index (Phi) is 4.09. The minimum Gasteiger partial charge on any atom is -0.466 e. The molecule has 0 fully saturated rings. The summed E-state index contributed by atoms with van der Waals surface area (Å²) in [5.74, 6) is -0.742. The number of nitrogens with one attached hydrogen (secondary N) is 1. The predicted molar refractivity (Wildman–Crippen MR) is 54.0 cm³/mol. The quantitative estimate of drug-likeness (QED) is 0.516. The highest BCUT2D eigenvalue weighted by Crippen LogP contribution is 2.08. The lowest BCUT2D eigenvalue weighted by molar-refractivity contribution is -0.147. The zero-order valence-electron chi connectivity index (χ0n) is 9.71. The molecule has 0 radical (unpaired) electrons. The molecule has 0 aliphatic rings. The van der Waals surface area contributed by atoms with Gasteiger partial charge in [-0.1, -0.05) is 0 Å². The summed E-state index contributed by atoms with van der Waals surface area (Å²) >= 11 is 0. The second-order valence-corrected chi connectivity index (χ2v) is 4.32. The highest BCUT2D eigenvalue weighted by molar-refractivity contribution is 5.84. The van der Waals surface area contributed by atoms with Gasteiger partial charge in [0.1, 0.15) is 5.60 Å². The van der Waals surface area contributed by atoms with E-state index >= 15 is 0 Å². The van der Waals surface area contributed by atoms with E-state index in [-0.39, 0.29) is 0 Å². The van der Waals surface area contributed by atoms with Gasteiger partial charge in [0, 0.05) is 0 Å². The number of amides is 1. The summed E-state index contributed by atoms with van der Waals surface area (Å²) in [7, 11) is 1.18. The number of hydrogen-bond donors (Lipinski definition) is 2. The number of hydrogen-bond acceptors (Lipinski definition) is 5. The first-order chi connectivity index (χ1) is 6.58. The molecule has 3 N–H and O–H groups in total. The van der Waals surface area contributed by atoms with Crippen LogP contribution < -0.4 is 11.1 Å². The summed E-state index contributed by atoms with van der Waals surface area (Å²) in [5.41, 5.74) is 3.28. The van der Waals surface area contributed by atoms with Gasteiger partial charge in [0.2, 0.25) is 0 Å². The van der Waals surface area contributed by atoms with Crippen molar-refractivity contribution in [2.24, 2.45) is 5.73 Å². The van der Waals surface area contributed by atoms with Crippen LogP contribution in [0, 0.1) is 0 Å². The summed E-state index contributed by atoms with van der Waals surface area (Å²) in [5, 5.41) is 2.21. The number of nitrogens with two attached hydrogens (primary N) is 1. The molecule has 1 atom stereocenters. The molecular formula is C9H18N2O4. The number of alkyl carbamates (subject to hydrolysis) is 1. The van der Waals surface area contributed by atoms with Gasteiger partial charge in [-0.25, -0.2) is 9.59 Å². The molecule has 0 saturated carbocycles. The van der Waals surface area contributed by atoms with Crippen LogP contribution in [0.15, 0.2) is 0 Å². The fourth-order valence-electron chi connectivity index (χ4n) is 0.779. The van der Waals surface area contributed by atoms with Crippen LogP contribution in [0.4, 0.5) is 4.79 Å². The highest BCUT2D eigenvalue weighted by atomic mass is 16.6. The second-order valence-electron chi connectivity index (χ2n) is 4.32. The lowest BCUT2D eigenvalue weighted by Crippen LogP contribution is -2.60. The van der Waals surface area contributed by atoms with Crippen molar-refractivity contribution in [2.75, 3.05) is 7.11 Å². The Balaban J connectivity index is 4.35. The lowest BCUT2D eigenvalue weighted by Gasteiger charge is -2.26. The van der Waals surface area contributed by atoms with Gasteiger partial charge in [-0.15, -0.1) is 0 Å². The number of esters is 1. The first kappa shape index (κ1) is 13.7. The summed E-state index contributed by atoms with van der Waals surface area (Å²) in [6.07, 6.45) is -0.766. The van der Waals surface area contributed by atoms with E-state index in [0.29, 0.717) is 0 Å². The highest BCUT2D eigenvalue weighted by Gasteiger charge is 2.33. The average molecular weight is 218 g/mol. The van der Waals surface area contributed by atoms with Crippen LogP contribution >= 0.6 is 0 Å². The molecule has 0 rings (SSSR count). The third-order valence-corrected chi connectivity index (χ3v) is 1.37. The summed E-state index contributed by atoms with van der Waals surface area (Å²) in [6, 6.07) is 0. The van der Waals surface area contributed by atoms with Crippen LogP contribution in [0.1, 0.15) is 27.7 Å². The van der Waals surface area contributed by atoms with Gasteiger partial charge in [-0.3, -0.25) is 11.1 Å². The van der Waals surface area contributed by atoms with Gasteiger partial charge in [0.15, 0.2) is 5.66 Å². The largest absolute Gasteiger partial charge is 0.466 e. The van der Waals surface area contributed by atoms with Crippen molar-refractivity contribution in [3.8, 4) is 0 Å². The molecule has 0 aromatic carbocycles. The van der Waals surface area contributed by atoms with Gasteiger partial charge in [-0.2, -0.15) is 0 Å². The Labute approximate surface area is 89.1 Å². The first-order valence-electron chi connectivity index (χ1n) is 4.47. The Hall–Kier alpha value is -1.30. The maximum atomic E-state index is 11.3. The molecule has 88 valence electrons. The third kappa shape index (κ3) is 5.21. The molecule has 0 aromatic rings. The van der Waals surface area contributed by atoms with Crippen LogP contribution in [0.25, 0.3) is 0 Å². The Morgan fingerprint density at radius 2 is 1.67 bits per heavy atom. The molecular weight excluding hydrogens is 200 g/mol. The Morgan fingerprint density at radius 1 is 1.20 bits per heavy atom. The Bertz CT molecular complexity index is 255. The second kappa shape index (κ2) is 4.48.